The zero-order valence-electron chi connectivity index (χ0n) is 90.2. The zero-order valence-corrected chi connectivity index (χ0v) is 92.2. The lowest BCUT2D eigenvalue weighted by Gasteiger charge is -2.48. The smallest absolute Gasteiger partial charge is 0.407 e. The molecule has 15 rings (SSSR count). The predicted molar refractivity (Wildman–Crippen MR) is 576 cm³/mol. The Hall–Kier alpha value is -12.4. The monoisotopic (exact) mass is 2080 g/mol. The lowest BCUT2D eigenvalue weighted by molar-refractivity contribution is -0.107. The minimum absolute atomic E-state index is 0.0311. The van der Waals surface area contributed by atoms with Gasteiger partial charge >= 0.3 is 12.2 Å². The summed E-state index contributed by atoms with van der Waals surface area (Å²) in [6, 6.07) is 29.4. The minimum atomic E-state index is -2.00. The van der Waals surface area contributed by atoms with Crippen LogP contribution in [0.5, 0.6) is 69.0 Å². The van der Waals surface area contributed by atoms with Crippen LogP contribution in [0, 0.1) is 54.0 Å². The van der Waals surface area contributed by atoms with Gasteiger partial charge in [0.15, 0.2) is 62.6 Å². The molecular weight excluding hydrogens is 1930 g/mol. The summed E-state index contributed by atoms with van der Waals surface area (Å²) in [5.74, 6) is 2.66. The first-order valence-electron chi connectivity index (χ1n) is 51.4. The maximum Gasteiger partial charge on any atom is 0.407 e. The van der Waals surface area contributed by atoms with E-state index in [1.807, 2.05) is 79.1 Å². The van der Waals surface area contributed by atoms with Gasteiger partial charge in [0, 0.05) is 138 Å². The number of fused-ring (bicyclic) bond motifs is 9. The summed E-state index contributed by atoms with van der Waals surface area (Å²) in [6.45, 7) is 68.1. The lowest BCUT2D eigenvalue weighted by atomic mass is 9.77. The van der Waals surface area contributed by atoms with Crippen molar-refractivity contribution in [2.24, 2.45) is 5.73 Å². The summed E-state index contributed by atoms with van der Waals surface area (Å²) in [6.07, 6.45) is 0.174. The number of hydrogen-bond donors (Lipinski definition) is 8. The summed E-state index contributed by atoms with van der Waals surface area (Å²) >= 11 is 0. The zero-order chi connectivity index (χ0) is 108. The van der Waals surface area contributed by atoms with E-state index >= 15 is 0 Å². The quantitative estimate of drug-likeness (QED) is 0.0101. The molecule has 11 atom stereocenters. The largest absolute Gasteiger partial charge is 0.504 e. The highest BCUT2D eigenvalue weighted by Gasteiger charge is 2.56. The number of carbonyl (C=O) groups excluding carboxylic acids is 3. The number of hydrogen-bond acceptors (Lipinski definition) is 27. The first-order chi connectivity index (χ1) is 71.5. The van der Waals surface area contributed by atoms with Crippen molar-refractivity contribution in [3.8, 4) is 91.2 Å². The van der Waals surface area contributed by atoms with Crippen LogP contribution in [-0.2, 0) is 58.3 Å². The average Bonchev–Trinajstić information content (AvgIpc) is 1.63. The number of phenolic OH excluding ortho intramolecular Hbond substituents is 4. The Morgan fingerprint density at radius 3 is 1.27 bits per heavy atom. The van der Waals surface area contributed by atoms with E-state index in [2.05, 4.69) is 162 Å². The topological polar surface area (TPSA) is 354 Å². The van der Waals surface area contributed by atoms with Gasteiger partial charge in [0.1, 0.15) is 54.6 Å². The molecule has 0 radical (unpaired) electrons. The Kier molecular flexibility index (Phi) is 38.5. The van der Waals surface area contributed by atoms with Crippen molar-refractivity contribution >= 4 is 35.1 Å². The maximum absolute atomic E-state index is 13.9. The molecule has 5 heterocycles. The first-order valence-corrected chi connectivity index (χ1v) is 56.5. The van der Waals surface area contributed by atoms with Crippen LogP contribution in [0.3, 0.4) is 0 Å². The van der Waals surface area contributed by atoms with Crippen LogP contribution in [0.4, 0.5) is 9.59 Å². The second kappa shape index (κ2) is 50.5. The van der Waals surface area contributed by atoms with Crippen molar-refractivity contribution < 1.29 is 101 Å². The van der Waals surface area contributed by atoms with Crippen LogP contribution in [0.25, 0.3) is 41.6 Å². The molecule has 9 N–H and O–H groups in total. The molecule has 8 aromatic rings. The third-order valence-corrected chi connectivity index (χ3v) is 42.9. The van der Waals surface area contributed by atoms with Crippen LogP contribution in [0.2, 0.25) is 35.3 Å². The molecule has 0 aromatic heterocycles. The van der Waals surface area contributed by atoms with Crippen molar-refractivity contribution in [1.29, 1.82) is 0 Å². The summed E-state index contributed by atoms with van der Waals surface area (Å²) in [7, 11) is 8.30. The van der Waals surface area contributed by atoms with Gasteiger partial charge in [-0.25, -0.2) is 55.5 Å². The normalized spacial score (nSPS) is 19.7. The number of benzene rings is 8. The number of nitrogens with zero attached hydrogens (tertiary/aromatic N) is 8. The Bertz CT molecular complexity index is 6150. The highest BCUT2D eigenvalue weighted by molar-refractivity contribution is 6.75. The molecule has 33 nitrogen and oxygen atoms in total. The fraction of sp³-hybridized carbons (Fsp3) is 0.518. The van der Waals surface area contributed by atoms with E-state index in [4.69, 9.17) is 97.7 Å². The van der Waals surface area contributed by atoms with Crippen LogP contribution in [-0.4, -0.2) is 273 Å². The van der Waals surface area contributed by atoms with Crippen LogP contribution in [0.1, 0.15) is 182 Å². The number of morpholine rings is 2. The second-order valence-corrected chi connectivity index (χ2v) is 50.8. The summed E-state index contributed by atoms with van der Waals surface area (Å²) in [5.41, 5.74) is 24.8. The van der Waals surface area contributed by atoms with Gasteiger partial charge in [-0.3, -0.25) is 19.4 Å². The van der Waals surface area contributed by atoms with Gasteiger partial charge in [-0.2, -0.15) is 0 Å². The summed E-state index contributed by atoms with van der Waals surface area (Å²) < 4.78 is 84.1. The summed E-state index contributed by atoms with van der Waals surface area (Å²) in [4.78, 5) is 60.4. The minimum Gasteiger partial charge on any atom is -0.504 e. The standard InChI is InChI=1S/C57H74N6O10Si.C40H61N5O8Si.C17H15NO3/c1-32(2)74(13,33(3)4)73-24-22-36-29-62(23-25-71-36)56(59-8)46-27-42-48(51(65)55(70-12)35(6)53(42)68-10)49(63(46)31-58-7)44-26-41-47(50(64)54(69-11)34(5)52(41)67-9)45(61-44)28-60-57(66)72-30-43-39-20-16-14-18-37(39)38-19-15-17-21-40(38)43;1-23(2)54(13,24(3)4)53-16-14-28-21-44(15-17-52-28)40(43-8)31-20-29-33(35(47)39(51-12)26(6)37(29)49-10)34(45(31)22-42-7)30(41)18-27-19-32(46)38(50-11)25(5)36(27)48-9;19-10-9-18-17(20)21-11-16-14-7-3-1-5-12(14)13-6-2-4-8-15(13)16/h14-21,32-33,36,43-46,49,56,61,64-65H,22-31H2,1-6,9-13H3,(H,60,66);19,23-24,28,30-31,34,40,46-47H,14-18,20-22,41H2,1-6,9-13H3;1-8,10,16H,9,11H2,(H,18,20)/t36-,44?,45-,46?,49?,56?;28-,30?,31?,34?,40?;/m00./s1. The van der Waals surface area contributed by atoms with Crippen molar-refractivity contribution in [3.05, 3.63) is 232 Å². The fourth-order valence-corrected chi connectivity index (χ4v) is 28.8. The molecule has 149 heavy (non-hydrogen) atoms. The third-order valence-electron chi connectivity index (χ3n) is 32.1. The molecule has 35 heteroatoms. The highest BCUT2D eigenvalue weighted by Crippen LogP contribution is 2.58. The second-order valence-electron chi connectivity index (χ2n) is 40.9. The molecule has 0 saturated carbocycles. The van der Waals surface area contributed by atoms with E-state index in [0.29, 0.717) is 185 Å². The van der Waals surface area contributed by atoms with E-state index in [-0.39, 0.29) is 123 Å². The number of carbonyl (C=O) groups is 3. The fourth-order valence-electron chi connectivity index (χ4n) is 23.7. The van der Waals surface area contributed by atoms with Gasteiger partial charge in [0.2, 0.25) is 0 Å². The number of rotatable bonds is 38. The molecule has 8 aromatic carbocycles. The van der Waals surface area contributed by atoms with Crippen LogP contribution < -0.4 is 59.6 Å². The number of amides is 2. The number of aldehydes is 1. The Morgan fingerprint density at radius 1 is 0.503 bits per heavy atom. The van der Waals surface area contributed by atoms with Crippen molar-refractivity contribution in [1.82, 2.24) is 35.6 Å². The SMILES string of the molecule is O=CCNC(=O)OCC1c2ccccc2-c2ccccc21.[C-]#[N+]CN1C(C([N+]#[C-])N2CCO[C@@H](CCO[Si](C)(C(C)C)C(C)C)C2)Cc2c(OC)c(C)c(OC)c(O)c2C1C(N)Cc1cc(O)c(OC)c(C)c1OC.[C-]#[N+]CN1C(C([N+]#[C-])N2CCO[C@@H](CCO[Si](C)(C(C)C)C(C)C)C2)Cc2c(OC)c(C)c(OC)c(O)c2C1C1Cc2c(OC)c(C)c(OC)c(O)c2[C@H](CNC(=O)OCC2c3ccccc3-c3ccccc32)N1. The molecule has 0 bridgehead atoms. The van der Waals surface area contributed by atoms with Crippen LogP contribution >= 0.6 is 0 Å². The first kappa shape index (κ1) is 114. The van der Waals surface area contributed by atoms with E-state index in [9.17, 15) is 34.8 Å². The molecule has 800 valence electrons. The van der Waals surface area contributed by atoms with Crippen molar-refractivity contribution in [3.63, 3.8) is 0 Å². The number of nitrogens with two attached hydrogens (primary N) is 1. The van der Waals surface area contributed by atoms with Gasteiger partial charge in [-0.15, -0.1) is 0 Å². The van der Waals surface area contributed by atoms with E-state index < -0.39 is 83.4 Å². The number of alkyl carbamates (subject to hydrolysis) is 2. The average molecular weight is 2080 g/mol. The molecule has 0 spiro atoms. The molecule has 2 amide bonds. The van der Waals surface area contributed by atoms with Gasteiger partial charge in [0.25, 0.3) is 25.7 Å². The van der Waals surface area contributed by atoms with Crippen molar-refractivity contribution in [2.45, 2.75) is 236 Å². The van der Waals surface area contributed by atoms with Crippen LogP contribution in [0.15, 0.2) is 103 Å². The Morgan fingerprint density at radius 2 is 0.872 bits per heavy atom. The number of methoxy groups -OCH3 is 8. The number of phenols is 4. The third kappa shape index (κ3) is 23.2. The Labute approximate surface area is 880 Å². The molecule has 2 aliphatic carbocycles. The number of ether oxygens (including phenoxy) is 12. The van der Waals surface area contributed by atoms with Gasteiger partial charge < -0.3 is 113 Å². The lowest BCUT2D eigenvalue weighted by Crippen LogP contribution is -2.61. The maximum atomic E-state index is 13.9. The highest BCUT2D eigenvalue weighted by atomic mass is 28.4. The molecule has 2 saturated heterocycles. The molecule has 7 aliphatic rings. The van der Waals surface area contributed by atoms with Gasteiger partial charge in [0.05, 0.1) is 107 Å². The molecule has 8 unspecified atom stereocenters. The molecule has 2 fully saturated rings. The number of aromatic hydroxyl groups is 4. The molecule has 5 aliphatic heterocycles. The predicted octanol–water partition coefficient (Wildman–Crippen LogP) is 18.4. The van der Waals surface area contributed by atoms with E-state index in [1.165, 1.54) is 50.7 Å². The Balaban J connectivity index is 0.000000214. The van der Waals surface area contributed by atoms with E-state index in [1.54, 1.807) is 41.4 Å². The summed E-state index contributed by atoms with van der Waals surface area (Å²) in [5, 5.41) is 56.6. The van der Waals surface area contributed by atoms with E-state index in [0.717, 1.165) is 27.8 Å². The number of nitrogens with one attached hydrogen (secondary N) is 3. The van der Waals surface area contributed by atoms with Gasteiger partial charge in [-0.1, -0.05) is 152 Å². The van der Waals surface area contributed by atoms with Crippen molar-refractivity contribution in [2.75, 3.05) is 149 Å². The van der Waals surface area contributed by atoms with Gasteiger partial charge in [-0.05, 0) is 145 Å². The molecular formula is C114H150N12O21Si2.